The Morgan fingerprint density at radius 1 is 1.00 bits per heavy atom. The van der Waals surface area contributed by atoms with E-state index in [1.54, 1.807) is 24.3 Å². The summed E-state index contributed by atoms with van der Waals surface area (Å²) in [6.07, 6.45) is 10.2. The van der Waals surface area contributed by atoms with Crippen molar-refractivity contribution >= 4 is 9.84 Å². The molecule has 1 saturated carbocycles. The molecule has 1 N–H and O–H groups in total. The molecule has 0 radical (unpaired) electrons. The van der Waals surface area contributed by atoms with Crippen LogP contribution in [-0.4, -0.2) is 24.4 Å². The minimum Gasteiger partial charge on any atom is -0.389 e. The zero-order valence-corrected chi connectivity index (χ0v) is 15.7. The zero-order chi connectivity index (χ0) is 17.5. The standard InChI is InChI=1S/C20H32O3S/c1-2-3-4-5-10-15-19(20(21)16-11-7-12-17-20)24(22,23)18-13-8-6-9-14-18/h6,8-9,13-14,19,21H,2-5,7,10-12,15-17H2,1H3. The van der Waals surface area contributed by atoms with Crippen LogP contribution in [0, 0.1) is 0 Å². The summed E-state index contributed by atoms with van der Waals surface area (Å²) in [5.41, 5.74) is -1.06. The summed E-state index contributed by atoms with van der Waals surface area (Å²) in [5, 5.41) is 10.5. The highest BCUT2D eigenvalue weighted by Gasteiger charge is 2.45. The lowest BCUT2D eigenvalue weighted by atomic mass is 9.80. The fraction of sp³-hybridized carbons (Fsp3) is 0.700. The fourth-order valence-electron chi connectivity index (χ4n) is 3.91. The third-order valence-electron chi connectivity index (χ3n) is 5.33. The predicted octanol–water partition coefficient (Wildman–Crippen LogP) is 4.88. The van der Waals surface area contributed by atoms with Gasteiger partial charge in [0.05, 0.1) is 15.7 Å². The number of rotatable bonds is 9. The molecule has 136 valence electrons. The maximum Gasteiger partial charge on any atom is 0.184 e. The topological polar surface area (TPSA) is 54.4 Å². The number of unbranched alkanes of at least 4 members (excludes halogenated alkanes) is 4. The van der Waals surface area contributed by atoms with Gasteiger partial charge in [-0.15, -0.1) is 0 Å². The highest BCUT2D eigenvalue weighted by molar-refractivity contribution is 7.92. The van der Waals surface area contributed by atoms with Crippen LogP contribution in [0.1, 0.15) is 77.6 Å². The molecule has 0 saturated heterocycles. The van der Waals surface area contributed by atoms with E-state index in [2.05, 4.69) is 6.92 Å². The van der Waals surface area contributed by atoms with Crippen molar-refractivity contribution in [1.29, 1.82) is 0 Å². The van der Waals surface area contributed by atoms with Crippen LogP contribution in [0.3, 0.4) is 0 Å². The summed E-state index contributed by atoms with van der Waals surface area (Å²) in [6, 6.07) is 8.66. The molecule has 0 spiro atoms. The van der Waals surface area contributed by atoms with Crippen LogP contribution in [0.25, 0.3) is 0 Å². The van der Waals surface area contributed by atoms with Crippen molar-refractivity contribution in [2.75, 3.05) is 0 Å². The molecule has 2 rings (SSSR count). The quantitative estimate of drug-likeness (QED) is 0.644. The van der Waals surface area contributed by atoms with Gasteiger partial charge in [0, 0.05) is 0 Å². The summed E-state index contributed by atoms with van der Waals surface area (Å²) in [6.45, 7) is 2.17. The van der Waals surface area contributed by atoms with E-state index in [-0.39, 0.29) is 0 Å². The molecule has 3 nitrogen and oxygen atoms in total. The van der Waals surface area contributed by atoms with Gasteiger partial charge in [0.15, 0.2) is 9.84 Å². The number of hydrogen-bond acceptors (Lipinski definition) is 3. The van der Waals surface area contributed by atoms with E-state index in [9.17, 15) is 13.5 Å². The van der Waals surface area contributed by atoms with Crippen LogP contribution in [0.5, 0.6) is 0 Å². The maximum absolute atomic E-state index is 13.2. The molecule has 1 atom stereocenters. The van der Waals surface area contributed by atoms with Crippen LogP contribution < -0.4 is 0 Å². The van der Waals surface area contributed by atoms with Gasteiger partial charge in [0.25, 0.3) is 0 Å². The lowest BCUT2D eigenvalue weighted by molar-refractivity contribution is -0.00235. The summed E-state index contributed by atoms with van der Waals surface area (Å²) >= 11 is 0. The minimum absolute atomic E-state index is 0.350. The number of hydrogen-bond donors (Lipinski definition) is 1. The van der Waals surface area contributed by atoms with Crippen molar-refractivity contribution in [2.45, 2.75) is 93.3 Å². The zero-order valence-electron chi connectivity index (χ0n) is 14.9. The Morgan fingerprint density at radius 2 is 1.62 bits per heavy atom. The number of sulfone groups is 1. The molecule has 0 heterocycles. The Kier molecular flexibility index (Phi) is 7.30. The third kappa shape index (κ3) is 4.82. The Bertz CT molecular complexity index is 574. The molecule has 4 heteroatoms. The van der Waals surface area contributed by atoms with Crippen molar-refractivity contribution in [3.8, 4) is 0 Å². The van der Waals surface area contributed by atoms with Crippen LogP contribution in [-0.2, 0) is 9.84 Å². The van der Waals surface area contributed by atoms with Crippen LogP contribution >= 0.6 is 0 Å². The number of benzene rings is 1. The molecule has 1 aromatic rings. The second-order valence-electron chi connectivity index (χ2n) is 7.21. The van der Waals surface area contributed by atoms with E-state index in [4.69, 9.17) is 0 Å². The van der Waals surface area contributed by atoms with Crippen molar-refractivity contribution in [1.82, 2.24) is 0 Å². The van der Waals surface area contributed by atoms with E-state index >= 15 is 0 Å². The normalized spacial score (nSPS) is 19.1. The minimum atomic E-state index is -3.50. The Hall–Kier alpha value is -0.870. The summed E-state index contributed by atoms with van der Waals surface area (Å²) in [7, 11) is -3.50. The fourth-order valence-corrected chi connectivity index (χ4v) is 6.06. The summed E-state index contributed by atoms with van der Waals surface area (Å²) in [4.78, 5) is 0.350. The second kappa shape index (κ2) is 9.00. The highest BCUT2D eigenvalue weighted by atomic mass is 32.2. The molecular weight excluding hydrogens is 320 g/mol. The van der Waals surface area contributed by atoms with E-state index in [1.165, 1.54) is 12.8 Å². The van der Waals surface area contributed by atoms with Crippen LogP contribution in [0.2, 0.25) is 0 Å². The highest BCUT2D eigenvalue weighted by Crippen LogP contribution is 2.38. The lowest BCUT2D eigenvalue weighted by Gasteiger charge is -2.39. The first-order valence-electron chi connectivity index (χ1n) is 9.52. The Labute approximate surface area is 147 Å². The Balaban J connectivity index is 2.18. The molecule has 1 aliphatic rings. The molecule has 1 fully saturated rings. The molecule has 0 aromatic heterocycles. The molecule has 0 bridgehead atoms. The second-order valence-corrected chi connectivity index (χ2v) is 9.34. The third-order valence-corrected chi connectivity index (χ3v) is 7.69. The molecular formula is C20H32O3S. The average Bonchev–Trinajstić information content (AvgIpc) is 2.59. The first-order chi connectivity index (χ1) is 11.5. The predicted molar refractivity (Wildman–Crippen MR) is 98.8 cm³/mol. The van der Waals surface area contributed by atoms with Gasteiger partial charge in [-0.2, -0.15) is 0 Å². The first-order valence-corrected chi connectivity index (χ1v) is 11.1. The van der Waals surface area contributed by atoms with Gasteiger partial charge >= 0.3 is 0 Å². The number of aliphatic hydroxyl groups is 1. The van der Waals surface area contributed by atoms with Crippen molar-refractivity contribution in [3.05, 3.63) is 30.3 Å². The monoisotopic (exact) mass is 352 g/mol. The molecule has 1 aromatic carbocycles. The van der Waals surface area contributed by atoms with Crippen LogP contribution in [0.4, 0.5) is 0 Å². The molecule has 1 aliphatic carbocycles. The van der Waals surface area contributed by atoms with Crippen LogP contribution in [0.15, 0.2) is 35.2 Å². The lowest BCUT2D eigenvalue weighted by Crippen LogP contribution is -2.48. The average molecular weight is 353 g/mol. The van der Waals surface area contributed by atoms with Gasteiger partial charge in [-0.3, -0.25) is 0 Å². The van der Waals surface area contributed by atoms with E-state index in [1.807, 2.05) is 6.07 Å². The van der Waals surface area contributed by atoms with Crippen molar-refractivity contribution in [2.24, 2.45) is 0 Å². The summed E-state index contributed by atoms with van der Waals surface area (Å²) in [5.74, 6) is 0. The van der Waals surface area contributed by atoms with E-state index in [0.717, 1.165) is 38.5 Å². The maximum atomic E-state index is 13.2. The van der Waals surface area contributed by atoms with Gasteiger partial charge in [0.2, 0.25) is 0 Å². The first kappa shape index (κ1) is 19.5. The van der Waals surface area contributed by atoms with E-state index < -0.39 is 20.7 Å². The largest absolute Gasteiger partial charge is 0.389 e. The summed E-state index contributed by atoms with van der Waals surface area (Å²) < 4.78 is 26.4. The van der Waals surface area contributed by atoms with Crippen molar-refractivity contribution < 1.29 is 13.5 Å². The molecule has 0 aliphatic heterocycles. The van der Waals surface area contributed by atoms with Gasteiger partial charge < -0.3 is 5.11 Å². The molecule has 24 heavy (non-hydrogen) atoms. The molecule has 1 unspecified atom stereocenters. The Morgan fingerprint density at radius 3 is 2.25 bits per heavy atom. The van der Waals surface area contributed by atoms with Gasteiger partial charge in [-0.1, -0.05) is 76.5 Å². The van der Waals surface area contributed by atoms with Crippen molar-refractivity contribution in [3.63, 3.8) is 0 Å². The van der Waals surface area contributed by atoms with Gasteiger partial charge in [-0.05, 0) is 31.4 Å². The SMILES string of the molecule is CCCCCCCC(C1(O)CCCCC1)S(=O)(=O)c1ccccc1. The smallest absolute Gasteiger partial charge is 0.184 e. The molecule has 0 amide bonds. The van der Waals surface area contributed by atoms with Gasteiger partial charge in [-0.25, -0.2) is 8.42 Å². The van der Waals surface area contributed by atoms with Gasteiger partial charge in [0.1, 0.15) is 0 Å². The van der Waals surface area contributed by atoms with E-state index in [0.29, 0.717) is 24.2 Å².